The highest BCUT2D eigenvalue weighted by Crippen LogP contribution is 2.39. The lowest BCUT2D eigenvalue weighted by Crippen LogP contribution is -2.40. The molecule has 0 aromatic carbocycles. The fourth-order valence-corrected chi connectivity index (χ4v) is 1.75. The van der Waals surface area contributed by atoms with Crippen LogP contribution >= 0.6 is 0 Å². The second kappa shape index (κ2) is 3.61. The van der Waals surface area contributed by atoms with E-state index in [1.54, 1.807) is 13.8 Å². The summed E-state index contributed by atoms with van der Waals surface area (Å²) >= 11 is 0. The van der Waals surface area contributed by atoms with Gasteiger partial charge in [0.25, 0.3) is 0 Å². The fourth-order valence-electron chi connectivity index (χ4n) is 1.75. The zero-order valence-electron chi connectivity index (χ0n) is 9.56. The van der Waals surface area contributed by atoms with Crippen molar-refractivity contribution in [1.82, 2.24) is 4.90 Å². The molecule has 1 atom stereocenters. The third-order valence-electron chi connectivity index (χ3n) is 3.25. The van der Waals surface area contributed by atoms with Gasteiger partial charge >= 0.3 is 6.18 Å². The van der Waals surface area contributed by atoms with Crippen molar-refractivity contribution in [2.45, 2.75) is 39.0 Å². The van der Waals surface area contributed by atoms with E-state index in [0.29, 0.717) is 0 Å². The van der Waals surface area contributed by atoms with Gasteiger partial charge in [-0.3, -0.25) is 4.79 Å². The van der Waals surface area contributed by atoms with Crippen molar-refractivity contribution in [3.63, 3.8) is 0 Å². The van der Waals surface area contributed by atoms with Crippen molar-refractivity contribution in [3.05, 3.63) is 0 Å². The van der Waals surface area contributed by atoms with Crippen LogP contribution < -0.4 is 0 Å². The molecule has 1 amide bonds. The monoisotopic (exact) mass is 239 g/mol. The summed E-state index contributed by atoms with van der Waals surface area (Å²) in [6, 6.07) is 0. The molecular formula is C10H16F3NO2. The van der Waals surface area contributed by atoms with Crippen molar-refractivity contribution in [3.8, 4) is 0 Å². The van der Waals surface area contributed by atoms with Gasteiger partial charge in [0.1, 0.15) is 6.42 Å². The molecule has 0 saturated carbocycles. The van der Waals surface area contributed by atoms with Gasteiger partial charge in [-0.1, -0.05) is 13.8 Å². The Balaban J connectivity index is 2.70. The van der Waals surface area contributed by atoms with Gasteiger partial charge in [0.15, 0.2) is 0 Å². The van der Waals surface area contributed by atoms with E-state index >= 15 is 0 Å². The molecule has 0 radical (unpaired) electrons. The minimum atomic E-state index is -4.49. The van der Waals surface area contributed by atoms with Crippen LogP contribution in [0.4, 0.5) is 13.2 Å². The first-order valence-electron chi connectivity index (χ1n) is 5.01. The molecule has 1 rings (SSSR count). The van der Waals surface area contributed by atoms with Crippen LogP contribution in [0.15, 0.2) is 0 Å². The zero-order chi connectivity index (χ0) is 12.8. The average molecular weight is 239 g/mol. The maximum atomic E-state index is 12.0. The molecule has 1 saturated heterocycles. The molecule has 1 aliphatic heterocycles. The maximum Gasteiger partial charge on any atom is 0.397 e. The second-order valence-electron chi connectivity index (χ2n) is 5.20. The summed E-state index contributed by atoms with van der Waals surface area (Å²) in [6.45, 7) is 5.10. The molecule has 0 aromatic rings. The minimum Gasteiger partial charge on any atom is -0.388 e. The Morgan fingerprint density at radius 2 is 1.81 bits per heavy atom. The van der Waals surface area contributed by atoms with Crippen LogP contribution in [0.25, 0.3) is 0 Å². The standard InChI is InChI=1S/C10H16F3NO2/c1-8(2)5-14(6-9(8,3)16)7(15)4-10(11,12)13/h16H,4-6H2,1-3H3. The minimum absolute atomic E-state index is 0.0467. The van der Waals surface area contributed by atoms with E-state index < -0.39 is 29.5 Å². The maximum absolute atomic E-state index is 12.0. The Kier molecular flexibility index (Phi) is 3.00. The van der Waals surface area contributed by atoms with Gasteiger partial charge in [-0.25, -0.2) is 0 Å². The summed E-state index contributed by atoms with van der Waals surface area (Å²) in [5, 5.41) is 9.96. The summed E-state index contributed by atoms with van der Waals surface area (Å²) in [6.07, 6.45) is -5.95. The number of carbonyl (C=O) groups excluding carboxylic acids is 1. The number of aliphatic hydroxyl groups is 1. The number of hydrogen-bond donors (Lipinski definition) is 1. The molecule has 1 fully saturated rings. The SMILES string of the molecule is CC1(C)CN(C(=O)CC(F)(F)F)CC1(C)O. The van der Waals surface area contributed by atoms with Crippen molar-refractivity contribution in [2.24, 2.45) is 5.41 Å². The summed E-state index contributed by atoms with van der Waals surface area (Å²) in [4.78, 5) is 12.4. The number of amides is 1. The van der Waals surface area contributed by atoms with E-state index in [1.165, 1.54) is 6.92 Å². The van der Waals surface area contributed by atoms with Gasteiger partial charge in [-0.15, -0.1) is 0 Å². The van der Waals surface area contributed by atoms with Crippen LogP contribution in [0, 0.1) is 5.41 Å². The molecule has 0 aliphatic carbocycles. The molecule has 3 nitrogen and oxygen atoms in total. The van der Waals surface area contributed by atoms with Crippen molar-refractivity contribution in [2.75, 3.05) is 13.1 Å². The van der Waals surface area contributed by atoms with Crippen molar-refractivity contribution in [1.29, 1.82) is 0 Å². The van der Waals surface area contributed by atoms with E-state index in [2.05, 4.69) is 0 Å². The van der Waals surface area contributed by atoms with E-state index in [1.807, 2.05) is 0 Å². The van der Waals surface area contributed by atoms with Crippen molar-refractivity contribution < 1.29 is 23.1 Å². The summed E-state index contributed by atoms with van der Waals surface area (Å²) in [7, 11) is 0. The molecule has 0 spiro atoms. The highest BCUT2D eigenvalue weighted by molar-refractivity contribution is 5.77. The third-order valence-corrected chi connectivity index (χ3v) is 3.25. The Morgan fingerprint density at radius 3 is 2.12 bits per heavy atom. The quantitative estimate of drug-likeness (QED) is 0.754. The number of nitrogens with zero attached hydrogens (tertiary/aromatic N) is 1. The largest absolute Gasteiger partial charge is 0.397 e. The van der Waals surface area contributed by atoms with E-state index in [-0.39, 0.29) is 13.1 Å². The lowest BCUT2D eigenvalue weighted by Gasteiger charge is -2.30. The number of carbonyl (C=O) groups is 1. The van der Waals surface area contributed by atoms with Gasteiger partial charge in [-0.05, 0) is 6.92 Å². The number of hydrogen-bond acceptors (Lipinski definition) is 2. The average Bonchev–Trinajstić information content (AvgIpc) is 2.17. The molecule has 16 heavy (non-hydrogen) atoms. The van der Waals surface area contributed by atoms with Gasteiger partial charge in [-0.2, -0.15) is 13.2 Å². The Labute approximate surface area is 92.2 Å². The first-order valence-corrected chi connectivity index (χ1v) is 5.01. The molecule has 1 unspecified atom stereocenters. The second-order valence-corrected chi connectivity index (χ2v) is 5.20. The predicted molar refractivity (Wildman–Crippen MR) is 51.7 cm³/mol. The van der Waals surface area contributed by atoms with Gasteiger partial charge in [0, 0.05) is 18.5 Å². The number of likely N-dealkylation sites (tertiary alicyclic amines) is 1. The van der Waals surface area contributed by atoms with Gasteiger partial charge < -0.3 is 10.0 Å². The first-order chi connectivity index (χ1) is 6.95. The topological polar surface area (TPSA) is 40.5 Å². The molecule has 0 aromatic heterocycles. The normalized spacial score (nSPS) is 29.6. The predicted octanol–water partition coefficient (Wildman–Crippen LogP) is 1.56. The van der Waals surface area contributed by atoms with E-state index in [4.69, 9.17) is 0 Å². The number of β-amino-alcohol motifs (C(OH)–C–C–N with tert-alkyl or cyclic N) is 1. The summed E-state index contributed by atoms with van der Waals surface area (Å²) < 4.78 is 36.1. The fraction of sp³-hybridized carbons (Fsp3) is 0.900. The third kappa shape index (κ3) is 2.66. The number of rotatable bonds is 1. The van der Waals surface area contributed by atoms with Crippen LogP contribution in [0.2, 0.25) is 0 Å². The van der Waals surface area contributed by atoms with E-state index in [0.717, 1.165) is 4.90 Å². The van der Waals surface area contributed by atoms with E-state index in [9.17, 15) is 23.1 Å². The molecule has 1 aliphatic rings. The Morgan fingerprint density at radius 1 is 1.31 bits per heavy atom. The summed E-state index contributed by atoms with van der Waals surface area (Å²) in [5.74, 6) is -0.974. The Bertz CT molecular complexity index is 281. The molecule has 1 heterocycles. The summed E-state index contributed by atoms with van der Waals surface area (Å²) in [5.41, 5.74) is -1.73. The van der Waals surface area contributed by atoms with Crippen molar-refractivity contribution >= 4 is 5.91 Å². The van der Waals surface area contributed by atoms with Crippen LogP contribution in [0.1, 0.15) is 27.2 Å². The smallest absolute Gasteiger partial charge is 0.388 e. The lowest BCUT2D eigenvalue weighted by atomic mass is 9.79. The number of alkyl halides is 3. The molecule has 0 bridgehead atoms. The zero-order valence-corrected chi connectivity index (χ0v) is 9.56. The van der Waals surface area contributed by atoms with Crippen LogP contribution in [-0.4, -0.2) is 40.8 Å². The van der Waals surface area contributed by atoms with Crippen LogP contribution in [0.3, 0.4) is 0 Å². The highest BCUT2D eigenvalue weighted by atomic mass is 19.4. The van der Waals surface area contributed by atoms with Gasteiger partial charge in [0.05, 0.1) is 5.60 Å². The Hall–Kier alpha value is -0.780. The first kappa shape index (κ1) is 13.3. The van der Waals surface area contributed by atoms with Gasteiger partial charge in [0.2, 0.25) is 5.91 Å². The van der Waals surface area contributed by atoms with Crippen LogP contribution in [0.5, 0.6) is 0 Å². The highest BCUT2D eigenvalue weighted by Gasteiger charge is 2.50. The molecule has 1 N–H and O–H groups in total. The molecular weight excluding hydrogens is 223 g/mol. The number of halogens is 3. The lowest BCUT2D eigenvalue weighted by molar-refractivity contribution is -0.161. The van der Waals surface area contributed by atoms with Crippen LogP contribution in [-0.2, 0) is 4.79 Å². The molecule has 94 valence electrons. The molecule has 6 heteroatoms.